The second-order valence-corrected chi connectivity index (χ2v) is 9.02. The third-order valence-corrected chi connectivity index (χ3v) is 6.29. The molecule has 2 aromatic heterocycles. The van der Waals surface area contributed by atoms with Crippen LogP contribution in [-0.4, -0.2) is 70.6 Å². The minimum absolute atomic E-state index is 0.0951. The van der Waals surface area contributed by atoms with Gasteiger partial charge in [0.1, 0.15) is 0 Å². The van der Waals surface area contributed by atoms with Gasteiger partial charge in [-0.3, -0.25) is 9.69 Å². The molecule has 4 rings (SSSR count). The quantitative estimate of drug-likeness (QED) is 0.688. The minimum Gasteiger partial charge on any atom is -0.475 e. The van der Waals surface area contributed by atoms with Crippen molar-refractivity contribution < 1.29 is 32.6 Å². The summed E-state index contributed by atoms with van der Waals surface area (Å²) >= 11 is 1.86. The molecule has 12 heteroatoms. The molecular formula is C20H23F3N4O4S. The summed E-state index contributed by atoms with van der Waals surface area (Å²) in [5.41, 5.74) is 0.548. The molecule has 174 valence electrons. The highest BCUT2D eigenvalue weighted by molar-refractivity contribution is 7.11. The molecule has 0 unspecified atom stereocenters. The van der Waals surface area contributed by atoms with Crippen LogP contribution in [-0.2, 0) is 16.1 Å². The van der Waals surface area contributed by atoms with Crippen molar-refractivity contribution in [1.29, 1.82) is 0 Å². The number of carboxylic acids is 1. The predicted octanol–water partition coefficient (Wildman–Crippen LogP) is 2.36. The van der Waals surface area contributed by atoms with Gasteiger partial charge >= 0.3 is 12.1 Å². The van der Waals surface area contributed by atoms with Crippen molar-refractivity contribution in [2.45, 2.75) is 25.7 Å². The summed E-state index contributed by atoms with van der Waals surface area (Å²) in [5.74, 6) is -1.98. The second-order valence-electron chi connectivity index (χ2n) is 7.65. The van der Waals surface area contributed by atoms with Crippen LogP contribution < -0.4 is 5.32 Å². The first-order valence-corrected chi connectivity index (χ1v) is 10.7. The lowest BCUT2D eigenvalue weighted by Crippen LogP contribution is -2.34. The Labute approximate surface area is 186 Å². The molecule has 2 aliphatic heterocycles. The van der Waals surface area contributed by atoms with E-state index >= 15 is 0 Å². The summed E-state index contributed by atoms with van der Waals surface area (Å²) in [5, 5.41) is 17.6. The Balaban J connectivity index is 0.000000360. The van der Waals surface area contributed by atoms with E-state index in [-0.39, 0.29) is 5.91 Å². The van der Waals surface area contributed by atoms with Gasteiger partial charge in [-0.05, 0) is 25.1 Å². The highest BCUT2D eigenvalue weighted by Crippen LogP contribution is 2.34. The number of hydrogen-bond donors (Lipinski definition) is 2. The van der Waals surface area contributed by atoms with Gasteiger partial charge in [-0.1, -0.05) is 0 Å². The summed E-state index contributed by atoms with van der Waals surface area (Å²) in [6.07, 6.45) is -1.76. The van der Waals surface area contributed by atoms with E-state index in [0.717, 1.165) is 26.2 Å². The van der Waals surface area contributed by atoms with Crippen LogP contribution in [0.2, 0.25) is 0 Å². The molecule has 32 heavy (non-hydrogen) atoms. The van der Waals surface area contributed by atoms with Crippen molar-refractivity contribution in [2.24, 2.45) is 11.8 Å². The van der Waals surface area contributed by atoms with Crippen LogP contribution in [0.4, 0.5) is 13.2 Å². The Morgan fingerprint density at radius 3 is 2.62 bits per heavy atom. The van der Waals surface area contributed by atoms with Gasteiger partial charge in [-0.2, -0.15) is 23.4 Å². The van der Waals surface area contributed by atoms with Crippen molar-refractivity contribution in [3.8, 4) is 0 Å². The average Bonchev–Trinajstić information content (AvgIpc) is 3.43. The van der Waals surface area contributed by atoms with Crippen LogP contribution in [0.1, 0.15) is 20.1 Å². The van der Waals surface area contributed by atoms with Gasteiger partial charge in [0.2, 0.25) is 0 Å². The maximum absolute atomic E-state index is 12.2. The zero-order valence-electron chi connectivity index (χ0n) is 17.2. The van der Waals surface area contributed by atoms with Crippen LogP contribution in [0, 0.1) is 18.8 Å². The lowest BCUT2D eigenvalue weighted by Gasteiger charge is -2.19. The number of aromatic nitrogens is 2. The molecule has 1 amide bonds. The van der Waals surface area contributed by atoms with E-state index in [2.05, 4.69) is 39.5 Å². The summed E-state index contributed by atoms with van der Waals surface area (Å²) in [4.78, 5) is 26.3. The molecular weight excluding hydrogens is 449 g/mol. The molecule has 0 aliphatic carbocycles. The number of hydrogen-bond acceptors (Lipinski definition) is 7. The molecule has 2 aromatic rings. The molecule has 8 nitrogen and oxygen atoms in total. The number of amides is 1. The number of halogens is 3. The number of alkyl halides is 3. The highest BCUT2D eigenvalue weighted by atomic mass is 32.1. The number of carbonyl (C=O) groups excluding carboxylic acids is 1. The fourth-order valence-corrected chi connectivity index (χ4v) is 4.69. The van der Waals surface area contributed by atoms with Gasteiger partial charge in [0, 0.05) is 47.8 Å². The fraction of sp³-hybridized carbons (Fsp3) is 0.500. The first-order chi connectivity index (χ1) is 15.1. The number of nitrogens with one attached hydrogen (secondary N) is 1. The first kappa shape index (κ1) is 24.1. The third-order valence-electron chi connectivity index (χ3n) is 5.30. The monoisotopic (exact) mass is 472 g/mol. The van der Waals surface area contributed by atoms with Crippen LogP contribution >= 0.6 is 11.3 Å². The van der Waals surface area contributed by atoms with E-state index in [4.69, 9.17) is 14.6 Å². The van der Waals surface area contributed by atoms with Crippen molar-refractivity contribution in [3.05, 3.63) is 45.9 Å². The zero-order chi connectivity index (χ0) is 23.3. The van der Waals surface area contributed by atoms with Crippen molar-refractivity contribution in [2.75, 3.05) is 26.2 Å². The Morgan fingerprint density at radius 1 is 1.28 bits per heavy atom. The molecule has 0 aromatic carbocycles. The number of rotatable bonds is 5. The van der Waals surface area contributed by atoms with Gasteiger partial charge in [-0.25, -0.2) is 4.79 Å². The van der Waals surface area contributed by atoms with Gasteiger partial charge in [0.15, 0.2) is 0 Å². The summed E-state index contributed by atoms with van der Waals surface area (Å²) in [7, 11) is 0. The Hall–Kier alpha value is -2.57. The summed E-state index contributed by atoms with van der Waals surface area (Å²) < 4.78 is 37.7. The van der Waals surface area contributed by atoms with E-state index in [9.17, 15) is 18.0 Å². The van der Waals surface area contributed by atoms with Crippen molar-refractivity contribution in [3.63, 3.8) is 0 Å². The van der Waals surface area contributed by atoms with Crippen LogP contribution in [0.25, 0.3) is 0 Å². The van der Waals surface area contributed by atoms with Crippen molar-refractivity contribution >= 4 is 23.2 Å². The number of aryl methyl sites for hydroxylation is 1. The topological polar surface area (TPSA) is 105 Å². The lowest BCUT2D eigenvalue weighted by atomic mass is 9.93. The van der Waals surface area contributed by atoms with Gasteiger partial charge in [0.25, 0.3) is 5.91 Å². The molecule has 0 spiro atoms. The van der Waals surface area contributed by atoms with Crippen LogP contribution in [0.3, 0.4) is 0 Å². The van der Waals surface area contributed by atoms with Gasteiger partial charge in [-0.15, -0.1) is 11.3 Å². The van der Waals surface area contributed by atoms with Crippen LogP contribution in [0.15, 0.2) is 30.6 Å². The normalized spacial score (nSPS) is 22.7. The van der Waals surface area contributed by atoms with E-state index in [1.807, 2.05) is 11.3 Å². The number of carbonyl (C=O) groups is 2. The maximum atomic E-state index is 12.2. The largest absolute Gasteiger partial charge is 0.490 e. The molecule has 3 atom stereocenters. The Kier molecular flexibility index (Phi) is 7.80. The molecule has 0 saturated carbocycles. The molecule has 2 aliphatic rings. The molecule has 0 bridgehead atoms. The number of nitrogens with zero attached hydrogens (tertiary/aromatic N) is 3. The molecule has 4 heterocycles. The van der Waals surface area contributed by atoms with Crippen LogP contribution in [0.5, 0.6) is 0 Å². The predicted molar refractivity (Wildman–Crippen MR) is 109 cm³/mol. The zero-order valence-corrected chi connectivity index (χ0v) is 18.0. The number of thiophene rings is 1. The fourth-order valence-electron chi connectivity index (χ4n) is 3.76. The highest BCUT2D eigenvalue weighted by Gasteiger charge is 2.43. The van der Waals surface area contributed by atoms with Crippen molar-refractivity contribution in [1.82, 2.24) is 20.4 Å². The smallest absolute Gasteiger partial charge is 0.475 e. The molecule has 0 radical (unpaired) electrons. The summed E-state index contributed by atoms with van der Waals surface area (Å²) in [6.45, 7) is 6.55. The third kappa shape index (κ3) is 6.47. The lowest BCUT2D eigenvalue weighted by molar-refractivity contribution is -0.192. The number of likely N-dealkylation sites (tertiary alicyclic amines) is 1. The van der Waals surface area contributed by atoms with E-state index < -0.39 is 12.1 Å². The minimum atomic E-state index is -5.08. The Bertz CT molecular complexity index is 925. The number of aliphatic carboxylic acids is 1. The average molecular weight is 472 g/mol. The molecule has 2 N–H and O–H groups in total. The van der Waals surface area contributed by atoms with Gasteiger partial charge in [0.05, 0.1) is 30.7 Å². The number of fused-ring (bicyclic) bond motifs is 1. The standard InChI is InChI=1S/C18H22N4O2S.C2HF3O2/c1-12-2-3-15(25-12)8-22-9-16-14(11-24-17(16)10-22)6-19-18(23)13-4-5-20-21-7-13;3-2(4,5)1(6)7/h2-5,7,14,16-17H,6,8-11H2,1H3,(H,19,23);(H,6,7)/t14-,16-,17-;/m1./s1. The number of ether oxygens (including phenoxy) is 1. The maximum Gasteiger partial charge on any atom is 0.490 e. The first-order valence-electron chi connectivity index (χ1n) is 9.87. The van der Waals surface area contributed by atoms with Gasteiger partial charge < -0.3 is 15.2 Å². The molecule has 2 fully saturated rings. The Morgan fingerprint density at radius 2 is 2.03 bits per heavy atom. The summed E-state index contributed by atoms with van der Waals surface area (Å²) in [6, 6.07) is 6.08. The second kappa shape index (κ2) is 10.4. The number of carboxylic acid groups (broad SMARTS) is 1. The molecule has 2 saturated heterocycles. The SMILES string of the molecule is Cc1ccc(CN2C[C@@H]3[C@H](CNC(=O)c4ccnnc4)CO[C@@H]3C2)s1.O=C(O)C(F)(F)F. The van der Waals surface area contributed by atoms with E-state index in [1.54, 1.807) is 6.07 Å². The van der Waals surface area contributed by atoms with E-state index in [0.29, 0.717) is 30.0 Å². The van der Waals surface area contributed by atoms with E-state index in [1.165, 1.54) is 22.1 Å².